The van der Waals surface area contributed by atoms with Crippen LogP contribution in [0, 0.1) is 0 Å². The van der Waals surface area contributed by atoms with Crippen molar-refractivity contribution in [3.05, 3.63) is 47.6 Å². The fourth-order valence-electron chi connectivity index (χ4n) is 2.28. The van der Waals surface area contributed by atoms with Crippen molar-refractivity contribution in [1.82, 2.24) is 15.0 Å². The lowest BCUT2D eigenvalue weighted by Gasteiger charge is -2.27. The van der Waals surface area contributed by atoms with Crippen LogP contribution >= 0.6 is 0 Å². The van der Waals surface area contributed by atoms with E-state index in [9.17, 15) is 8.42 Å². The Balaban J connectivity index is 1.98. The predicted molar refractivity (Wildman–Crippen MR) is 88.8 cm³/mol. The summed E-state index contributed by atoms with van der Waals surface area (Å²) in [4.78, 5) is 6.29. The van der Waals surface area contributed by atoms with Gasteiger partial charge in [0.15, 0.2) is 15.7 Å². The lowest BCUT2D eigenvalue weighted by atomic mass is 10.1. The molecule has 0 saturated carbocycles. The molecule has 0 bridgehead atoms. The van der Waals surface area contributed by atoms with Crippen LogP contribution in [-0.4, -0.2) is 48.1 Å². The molecule has 7 heteroatoms. The van der Waals surface area contributed by atoms with Gasteiger partial charge in [0, 0.05) is 18.7 Å². The van der Waals surface area contributed by atoms with E-state index in [2.05, 4.69) is 10.1 Å². The summed E-state index contributed by atoms with van der Waals surface area (Å²) in [5.74, 6) is 1.12. The van der Waals surface area contributed by atoms with Gasteiger partial charge in [0.25, 0.3) is 0 Å². The quantitative estimate of drug-likeness (QED) is 0.768. The van der Waals surface area contributed by atoms with Gasteiger partial charge in [-0.05, 0) is 26.5 Å². The van der Waals surface area contributed by atoms with Crippen LogP contribution in [0.15, 0.2) is 34.9 Å². The van der Waals surface area contributed by atoms with Gasteiger partial charge in [-0.3, -0.25) is 4.90 Å². The Hall–Kier alpha value is -1.73. The maximum atomic E-state index is 11.7. The van der Waals surface area contributed by atoms with Gasteiger partial charge in [-0.1, -0.05) is 35.5 Å². The Bertz CT molecular complexity index is 728. The maximum Gasteiger partial charge on any atom is 0.240 e. The van der Waals surface area contributed by atoms with Crippen molar-refractivity contribution in [2.24, 2.45) is 0 Å². The molecule has 126 valence electrons. The van der Waals surface area contributed by atoms with Gasteiger partial charge in [0.05, 0.1) is 11.8 Å². The third-order valence-electron chi connectivity index (χ3n) is 4.15. The molecule has 0 aliphatic heterocycles. The molecule has 0 radical (unpaired) electrons. The third kappa shape index (κ3) is 4.87. The Morgan fingerprint density at radius 1 is 1.22 bits per heavy atom. The SMILES string of the molecule is CC(C(C)S(C)(=O)=O)N(C)Cc1nc(Cc2ccccc2)no1. The molecular formula is C16H23N3O3S. The summed E-state index contributed by atoms with van der Waals surface area (Å²) in [5.41, 5.74) is 1.12. The molecule has 0 fully saturated rings. The molecule has 23 heavy (non-hydrogen) atoms. The van der Waals surface area contributed by atoms with Crippen molar-refractivity contribution in [2.75, 3.05) is 13.3 Å². The van der Waals surface area contributed by atoms with E-state index in [1.807, 2.05) is 49.2 Å². The van der Waals surface area contributed by atoms with E-state index in [0.29, 0.717) is 24.7 Å². The fraction of sp³-hybridized carbons (Fsp3) is 0.500. The first-order valence-corrected chi connectivity index (χ1v) is 9.47. The molecule has 1 aromatic heterocycles. The van der Waals surface area contributed by atoms with Crippen molar-refractivity contribution < 1.29 is 12.9 Å². The second kappa shape index (κ2) is 7.23. The van der Waals surface area contributed by atoms with E-state index in [-0.39, 0.29) is 6.04 Å². The summed E-state index contributed by atoms with van der Waals surface area (Å²) >= 11 is 0. The Kier molecular flexibility index (Phi) is 5.54. The zero-order chi connectivity index (χ0) is 17.0. The van der Waals surface area contributed by atoms with Crippen molar-refractivity contribution in [3.63, 3.8) is 0 Å². The fourth-order valence-corrected chi connectivity index (χ4v) is 3.20. The molecule has 0 aliphatic rings. The van der Waals surface area contributed by atoms with Crippen LogP contribution in [0.2, 0.25) is 0 Å². The number of hydrogen-bond acceptors (Lipinski definition) is 6. The van der Waals surface area contributed by atoms with Crippen molar-refractivity contribution in [1.29, 1.82) is 0 Å². The van der Waals surface area contributed by atoms with Gasteiger partial charge in [-0.2, -0.15) is 4.98 Å². The lowest BCUT2D eigenvalue weighted by molar-refractivity contribution is 0.211. The van der Waals surface area contributed by atoms with Gasteiger partial charge in [-0.15, -0.1) is 0 Å². The molecule has 0 amide bonds. The molecule has 2 rings (SSSR count). The minimum absolute atomic E-state index is 0.144. The van der Waals surface area contributed by atoms with Crippen LogP contribution in [-0.2, 0) is 22.8 Å². The molecule has 0 spiro atoms. The van der Waals surface area contributed by atoms with Crippen LogP contribution in [0.25, 0.3) is 0 Å². The summed E-state index contributed by atoms with van der Waals surface area (Å²) in [7, 11) is -1.23. The Labute approximate surface area is 137 Å². The van der Waals surface area contributed by atoms with Crippen LogP contribution < -0.4 is 0 Å². The summed E-state index contributed by atoms with van der Waals surface area (Å²) in [6.07, 6.45) is 1.87. The van der Waals surface area contributed by atoms with Gasteiger partial charge in [0.2, 0.25) is 5.89 Å². The highest BCUT2D eigenvalue weighted by Crippen LogP contribution is 2.13. The normalized spacial score (nSPS) is 14.8. The van der Waals surface area contributed by atoms with Gasteiger partial charge in [-0.25, -0.2) is 8.42 Å². The molecule has 1 heterocycles. The molecular weight excluding hydrogens is 314 g/mol. The largest absolute Gasteiger partial charge is 0.338 e. The monoisotopic (exact) mass is 337 g/mol. The average Bonchev–Trinajstić information content (AvgIpc) is 2.92. The molecule has 2 atom stereocenters. The predicted octanol–water partition coefficient (Wildman–Crippen LogP) is 1.91. The smallest absolute Gasteiger partial charge is 0.240 e. The highest BCUT2D eigenvalue weighted by Gasteiger charge is 2.26. The first-order chi connectivity index (χ1) is 10.8. The number of rotatable bonds is 7. The topological polar surface area (TPSA) is 76.3 Å². The van der Waals surface area contributed by atoms with Crippen molar-refractivity contribution in [3.8, 4) is 0 Å². The molecule has 2 aromatic rings. The summed E-state index contributed by atoms with van der Waals surface area (Å²) < 4.78 is 28.6. The summed E-state index contributed by atoms with van der Waals surface area (Å²) in [5, 5.41) is 3.53. The molecule has 0 saturated heterocycles. The summed E-state index contributed by atoms with van der Waals surface area (Å²) in [6.45, 7) is 4.01. The number of sulfone groups is 1. The van der Waals surface area contributed by atoms with Crippen LogP contribution in [0.5, 0.6) is 0 Å². The minimum atomic E-state index is -3.08. The van der Waals surface area contributed by atoms with Gasteiger partial charge in [0.1, 0.15) is 0 Å². The highest BCUT2D eigenvalue weighted by atomic mass is 32.2. The van der Waals surface area contributed by atoms with E-state index in [1.165, 1.54) is 6.26 Å². The first-order valence-electron chi connectivity index (χ1n) is 7.52. The van der Waals surface area contributed by atoms with Crippen molar-refractivity contribution in [2.45, 2.75) is 38.1 Å². The van der Waals surface area contributed by atoms with E-state index in [4.69, 9.17) is 4.52 Å². The second-order valence-electron chi connectivity index (χ2n) is 5.96. The Morgan fingerprint density at radius 3 is 2.48 bits per heavy atom. The van der Waals surface area contributed by atoms with E-state index >= 15 is 0 Å². The second-order valence-corrected chi connectivity index (χ2v) is 8.36. The molecule has 1 aromatic carbocycles. The molecule has 0 aliphatic carbocycles. The standard InChI is InChI=1S/C16H23N3O3S/c1-12(13(2)23(4,20)21)19(3)11-16-17-15(18-22-16)10-14-8-6-5-7-9-14/h5-9,12-13H,10-11H2,1-4H3. The number of hydrogen-bond donors (Lipinski definition) is 0. The minimum Gasteiger partial charge on any atom is -0.338 e. The first kappa shape index (κ1) is 17.6. The molecule has 6 nitrogen and oxygen atoms in total. The average molecular weight is 337 g/mol. The number of nitrogens with zero attached hydrogens (tertiary/aromatic N) is 3. The third-order valence-corrected chi connectivity index (χ3v) is 5.89. The van der Waals surface area contributed by atoms with E-state index in [0.717, 1.165) is 5.56 Å². The van der Waals surface area contributed by atoms with Crippen LogP contribution in [0.3, 0.4) is 0 Å². The zero-order valence-corrected chi connectivity index (χ0v) is 14.7. The Morgan fingerprint density at radius 2 is 1.87 bits per heavy atom. The number of aromatic nitrogens is 2. The number of benzene rings is 1. The zero-order valence-electron chi connectivity index (χ0n) is 13.9. The molecule has 0 N–H and O–H groups in total. The molecule has 2 unspecified atom stereocenters. The van der Waals surface area contributed by atoms with Crippen LogP contribution in [0.1, 0.15) is 31.1 Å². The van der Waals surface area contributed by atoms with Gasteiger partial charge >= 0.3 is 0 Å². The van der Waals surface area contributed by atoms with Crippen LogP contribution in [0.4, 0.5) is 0 Å². The van der Waals surface area contributed by atoms with E-state index < -0.39 is 15.1 Å². The van der Waals surface area contributed by atoms with Crippen molar-refractivity contribution >= 4 is 9.84 Å². The summed E-state index contributed by atoms with van der Waals surface area (Å²) in [6, 6.07) is 9.78. The van der Waals surface area contributed by atoms with Gasteiger partial charge < -0.3 is 4.52 Å². The van der Waals surface area contributed by atoms with E-state index in [1.54, 1.807) is 6.92 Å². The maximum absolute atomic E-state index is 11.7. The lowest BCUT2D eigenvalue weighted by Crippen LogP contribution is -2.40. The highest BCUT2D eigenvalue weighted by molar-refractivity contribution is 7.91.